The summed E-state index contributed by atoms with van der Waals surface area (Å²) >= 11 is 6.02. The largest absolute Gasteiger partial charge is 0.496 e. The number of nitrogens with one attached hydrogen (secondary N) is 1. The van der Waals surface area contributed by atoms with E-state index < -0.39 is 0 Å². The van der Waals surface area contributed by atoms with Crippen LogP contribution in [0.2, 0.25) is 5.02 Å². The fraction of sp³-hybridized carbons (Fsp3) is 0.300. The van der Waals surface area contributed by atoms with Gasteiger partial charge in [-0.05, 0) is 41.3 Å². The van der Waals surface area contributed by atoms with Crippen molar-refractivity contribution in [2.45, 2.75) is 25.8 Å². The van der Waals surface area contributed by atoms with Gasteiger partial charge < -0.3 is 10.1 Å². The number of hydrogen-bond donors (Lipinski definition) is 1. The first kappa shape index (κ1) is 17.3. The van der Waals surface area contributed by atoms with E-state index in [1.807, 2.05) is 24.3 Å². The molecule has 1 N–H and O–H groups in total. The van der Waals surface area contributed by atoms with E-state index in [-0.39, 0.29) is 23.3 Å². The SMILES string of the molecule is COc1ccc(Cl)cc1C(=O)N[C@H]1[C@H](c2ccc(C#N)cc2)C1(C)C. The van der Waals surface area contributed by atoms with Crippen molar-refractivity contribution in [2.24, 2.45) is 5.41 Å². The van der Waals surface area contributed by atoms with Gasteiger partial charge in [0, 0.05) is 17.0 Å². The van der Waals surface area contributed by atoms with E-state index in [2.05, 4.69) is 25.2 Å². The number of ether oxygens (including phenoxy) is 1. The van der Waals surface area contributed by atoms with E-state index in [0.717, 1.165) is 5.56 Å². The summed E-state index contributed by atoms with van der Waals surface area (Å²) in [5.41, 5.74) is 2.12. The van der Waals surface area contributed by atoms with Crippen LogP contribution < -0.4 is 10.1 Å². The van der Waals surface area contributed by atoms with Crippen molar-refractivity contribution in [3.8, 4) is 11.8 Å². The maximum atomic E-state index is 12.7. The van der Waals surface area contributed by atoms with Crippen LogP contribution in [0.4, 0.5) is 0 Å². The summed E-state index contributed by atoms with van der Waals surface area (Å²) in [5.74, 6) is 0.498. The molecule has 2 aromatic carbocycles. The van der Waals surface area contributed by atoms with Gasteiger partial charge in [0.1, 0.15) is 5.75 Å². The normalized spacial score (nSPS) is 20.4. The van der Waals surface area contributed by atoms with Crippen molar-refractivity contribution < 1.29 is 9.53 Å². The molecule has 0 heterocycles. The van der Waals surface area contributed by atoms with Crippen molar-refractivity contribution in [3.63, 3.8) is 0 Å². The summed E-state index contributed by atoms with van der Waals surface area (Å²) in [6.45, 7) is 4.24. The average molecular weight is 355 g/mol. The molecule has 0 unspecified atom stereocenters. The maximum absolute atomic E-state index is 12.7. The Labute approximate surface area is 152 Å². The Bertz CT molecular complexity index is 853. The number of benzene rings is 2. The molecule has 2 aromatic rings. The molecule has 1 saturated carbocycles. The lowest BCUT2D eigenvalue weighted by Crippen LogP contribution is -2.29. The second kappa shape index (κ2) is 6.42. The number of halogens is 1. The van der Waals surface area contributed by atoms with Crippen molar-refractivity contribution in [3.05, 3.63) is 64.2 Å². The smallest absolute Gasteiger partial charge is 0.255 e. The van der Waals surface area contributed by atoms with Gasteiger partial charge in [-0.15, -0.1) is 0 Å². The molecule has 4 nitrogen and oxygen atoms in total. The molecule has 3 rings (SSSR count). The first-order chi connectivity index (χ1) is 11.9. The third-order valence-corrected chi connectivity index (χ3v) is 5.15. The number of amides is 1. The van der Waals surface area contributed by atoms with Crippen molar-refractivity contribution >= 4 is 17.5 Å². The number of carbonyl (C=O) groups excluding carboxylic acids is 1. The molecule has 1 fully saturated rings. The van der Waals surface area contributed by atoms with Crippen LogP contribution in [0.1, 0.15) is 41.3 Å². The predicted octanol–water partition coefficient (Wildman–Crippen LogP) is 4.14. The second-order valence-electron chi connectivity index (χ2n) is 6.83. The molecule has 25 heavy (non-hydrogen) atoms. The average Bonchev–Trinajstić information content (AvgIpc) is 3.15. The summed E-state index contributed by atoms with van der Waals surface area (Å²) in [6.07, 6.45) is 0. The Balaban J connectivity index is 1.80. The molecule has 0 bridgehead atoms. The third-order valence-electron chi connectivity index (χ3n) is 4.92. The number of hydrogen-bond acceptors (Lipinski definition) is 3. The predicted molar refractivity (Wildman–Crippen MR) is 96.9 cm³/mol. The fourth-order valence-corrected chi connectivity index (χ4v) is 3.54. The molecule has 1 aliphatic carbocycles. The second-order valence-corrected chi connectivity index (χ2v) is 7.27. The number of rotatable bonds is 4. The van der Waals surface area contributed by atoms with E-state index in [0.29, 0.717) is 21.9 Å². The molecular formula is C20H19ClN2O2. The Hall–Kier alpha value is -2.51. The number of carbonyl (C=O) groups is 1. The van der Waals surface area contributed by atoms with Crippen LogP contribution in [-0.2, 0) is 0 Å². The zero-order valence-electron chi connectivity index (χ0n) is 14.3. The van der Waals surface area contributed by atoms with Gasteiger partial charge in [-0.1, -0.05) is 37.6 Å². The van der Waals surface area contributed by atoms with Crippen molar-refractivity contribution in [2.75, 3.05) is 7.11 Å². The topological polar surface area (TPSA) is 62.1 Å². The molecule has 1 amide bonds. The van der Waals surface area contributed by atoms with Crippen LogP contribution in [0.3, 0.4) is 0 Å². The molecule has 0 aliphatic heterocycles. The Morgan fingerprint density at radius 1 is 1.24 bits per heavy atom. The Morgan fingerprint density at radius 3 is 2.52 bits per heavy atom. The zero-order chi connectivity index (χ0) is 18.2. The summed E-state index contributed by atoms with van der Waals surface area (Å²) in [7, 11) is 1.53. The van der Waals surface area contributed by atoms with Crippen molar-refractivity contribution in [1.29, 1.82) is 5.26 Å². The van der Waals surface area contributed by atoms with Gasteiger partial charge in [0.2, 0.25) is 0 Å². The highest BCUT2D eigenvalue weighted by atomic mass is 35.5. The highest BCUT2D eigenvalue weighted by Gasteiger charge is 2.59. The van der Waals surface area contributed by atoms with Crippen LogP contribution in [-0.4, -0.2) is 19.1 Å². The van der Waals surface area contributed by atoms with Gasteiger partial charge in [-0.2, -0.15) is 5.26 Å². The Kier molecular flexibility index (Phi) is 4.45. The molecule has 1 aliphatic rings. The quantitative estimate of drug-likeness (QED) is 0.897. The first-order valence-electron chi connectivity index (χ1n) is 8.03. The van der Waals surface area contributed by atoms with Gasteiger partial charge in [-0.25, -0.2) is 0 Å². The number of nitriles is 1. The molecule has 0 spiro atoms. The lowest BCUT2D eigenvalue weighted by atomic mass is 10.0. The third kappa shape index (κ3) is 3.20. The van der Waals surface area contributed by atoms with Crippen LogP contribution in [0.25, 0.3) is 0 Å². The van der Waals surface area contributed by atoms with Crippen LogP contribution in [0, 0.1) is 16.7 Å². The Morgan fingerprint density at radius 2 is 1.92 bits per heavy atom. The lowest BCUT2D eigenvalue weighted by molar-refractivity contribution is 0.0943. The number of methoxy groups -OCH3 is 1. The summed E-state index contributed by atoms with van der Waals surface area (Å²) in [6, 6.07) is 14.7. The molecule has 0 radical (unpaired) electrons. The molecular weight excluding hydrogens is 336 g/mol. The van der Waals surface area contributed by atoms with E-state index in [1.54, 1.807) is 18.2 Å². The minimum atomic E-state index is -0.200. The van der Waals surface area contributed by atoms with E-state index in [1.165, 1.54) is 7.11 Å². The van der Waals surface area contributed by atoms with Gasteiger partial charge in [-0.3, -0.25) is 4.79 Å². The molecule has 2 atom stereocenters. The van der Waals surface area contributed by atoms with E-state index in [9.17, 15) is 4.79 Å². The highest BCUT2D eigenvalue weighted by Crippen LogP contribution is 2.58. The number of nitrogens with zero attached hydrogens (tertiary/aromatic N) is 1. The van der Waals surface area contributed by atoms with Gasteiger partial charge in [0.05, 0.1) is 24.3 Å². The van der Waals surface area contributed by atoms with Crippen molar-refractivity contribution in [1.82, 2.24) is 5.32 Å². The first-order valence-corrected chi connectivity index (χ1v) is 8.40. The van der Waals surface area contributed by atoms with Gasteiger partial charge in [0.25, 0.3) is 5.91 Å². The standard InChI is InChI=1S/C20H19ClN2O2/c1-20(2)17(13-6-4-12(11-22)5-7-13)18(20)23-19(24)15-10-14(21)8-9-16(15)25-3/h4-10,17-18H,1-3H3,(H,23,24)/t17-,18-/m0/s1. The minimum absolute atomic E-state index is 0.0108. The molecule has 0 saturated heterocycles. The lowest BCUT2D eigenvalue weighted by Gasteiger charge is -2.10. The molecule has 0 aromatic heterocycles. The van der Waals surface area contributed by atoms with E-state index >= 15 is 0 Å². The highest BCUT2D eigenvalue weighted by molar-refractivity contribution is 6.31. The van der Waals surface area contributed by atoms with Crippen LogP contribution in [0.15, 0.2) is 42.5 Å². The zero-order valence-corrected chi connectivity index (χ0v) is 15.1. The molecule has 128 valence electrons. The van der Waals surface area contributed by atoms with Crippen LogP contribution >= 0.6 is 11.6 Å². The van der Waals surface area contributed by atoms with Crippen LogP contribution in [0.5, 0.6) is 5.75 Å². The maximum Gasteiger partial charge on any atom is 0.255 e. The fourth-order valence-electron chi connectivity index (χ4n) is 3.37. The summed E-state index contributed by atoms with van der Waals surface area (Å²) in [5, 5.41) is 12.5. The minimum Gasteiger partial charge on any atom is -0.496 e. The summed E-state index contributed by atoms with van der Waals surface area (Å²) in [4.78, 5) is 12.7. The van der Waals surface area contributed by atoms with Gasteiger partial charge >= 0.3 is 0 Å². The van der Waals surface area contributed by atoms with E-state index in [4.69, 9.17) is 21.6 Å². The molecule has 5 heteroatoms. The monoisotopic (exact) mass is 354 g/mol. The summed E-state index contributed by atoms with van der Waals surface area (Å²) < 4.78 is 5.26. The van der Waals surface area contributed by atoms with Gasteiger partial charge in [0.15, 0.2) is 0 Å².